The number of rotatable bonds is 9. The number of benzene rings is 1. The number of carbonyl (C=O) groups excluding carboxylic acids is 2. The van der Waals surface area contributed by atoms with E-state index in [9.17, 15) is 35.6 Å². The Morgan fingerprint density at radius 1 is 1.09 bits per heavy atom. The van der Waals surface area contributed by atoms with Crippen molar-refractivity contribution in [2.45, 2.75) is 31.9 Å². The summed E-state index contributed by atoms with van der Waals surface area (Å²) in [6, 6.07) is 5.50. The second kappa shape index (κ2) is 10.5. The van der Waals surface area contributed by atoms with Gasteiger partial charge in [-0.3, -0.25) is 14.0 Å². The van der Waals surface area contributed by atoms with Crippen LogP contribution < -0.4 is 5.32 Å². The molecule has 0 radical (unpaired) electrons. The van der Waals surface area contributed by atoms with Crippen molar-refractivity contribution >= 4 is 21.7 Å². The SMILES string of the molecule is O=C(NCC(F)(F)F)c1ccc(-n2nnc(C(=O)N3CCS(=O)(=O)C3)c2CCCCCF)cc1. The summed E-state index contributed by atoms with van der Waals surface area (Å²) in [4.78, 5) is 26.0. The van der Waals surface area contributed by atoms with Crippen LogP contribution in [0.1, 0.15) is 45.8 Å². The third-order valence-corrected chi connectivity index (χ3v) is 6.66. The Labute approximate surface area is 193 Å². The van der Waals surface area contributed by atoms with Gasteiger partial charge in [0.1, 0.15) is 12.4 Å². The van der Waals surface area contributed by atoms with Gasteiger partial charge in [0.15, 0.2) is 15.5 Å². The Kier molecular flexibility index (Phi) is 7.89. The molecular formula is C20H23F4N5O4S. The van der Waals surface area contributed by atoms with Crippen LogP contribution in [-0.2, 0) is 16.3 Å². The molecule has 1 N–H and O–H groups in total. The van der Waals surface area contributed by atoms with Crippen LogP contribution in [0.2, 0.25) is 0 Å². The van der Waals surface area contributed by atoms with Gasteiger partial charge in [0.2, 0.25) is 0 Å². The first kappa shape index (κ1) is 25.6. The Bertz CT molecular complexity index is 1130. The average molecular weight is 505 g/mol. The number of halogens is 4. The lowest BCUT2D eigenvalue weighted by Crippen LogP contribution is -2.33. The molecule has 0 saturated carbocycles. The van der Waals surface area contributed by atoms with Crippen molar-refractivity contribution in [1.29, 1.82) is 0 Å². The molecule has 2 amide bonds. The molecule has 186 valence electrons. The van der Waals surface area contributed by atoms with E-state index < -0.39 is 46.9 Å². The zero-order chi connectivity index (χ0) is 24.9. The molecule has 9 nitrogen and oxygen atoms in total. The summed E-state index contributed by atoms with van der Waals surface area (Å²) < 4.78 is 74.3. The Morgan fingerprint density at radius 2 is 1.79 bits per heavy atom. The van der Waals surface area contributed by atoms with Crippen molar-refractivity contribution in [3.8, 4) is 5.69 Å². The molecule has 14 heteroatoms. The van der Waals surface area contributed by atoms with E-state index in [4.69, 9.17) is 0 Å². The van der Waals surface area contributed by atoms with E-state index in [0.29, 0.717) is 37.1 Å². The predicted molar refractivity (Wildman–Crippen MR) is 113 cm³/mol. The molecule has 34 heavy (non-hydrogen) atoms. The van der Waals surface area contributed by atoms with Crippen LogP contribution in [0.5, 0.6) is 0 Å². The van der Waals surface area contributed by atoms with Crippen LogP contribution in [-0.4, -0.2) is 77.7 Å². The van der Waals surface area contributed by atoms with Crippen LogP contribution in [0.3, 0.4) is 0 Å². The van der Waals surface area contributed by atoms with Gasteiger partial charge in [-0.15, -0.1) is 5.10 Å². The molecule has 2 aromatic rings. The van der Waals surface area contributed by atoms with Gasteiger partial charge in [-0.2, -0.15) is 13.2 Å². The molecule has 0 unspecified atom stereocenters. The van der Waals surface area contributed by atoms with Gasteiger partial charge < -0.3 is 10.2 Å². The summed E-state index contributed by atoms with van der Waals surface area (Å²) in [5.41, 5.74) is 0.761. The monoisotopic (exact) mass is 505 g/mol. The number of nitrogens with zero attached hydrogens (tertiary/aromatic N) is 4. The maximum absolute atomic E-state index is 12.9. The minimum atomic E-state index is -4.54. The number of unbranched alkanes of at least 4 members (excludes halogenated alkanes) is 2. The van der Waals surface area contributed by atoms with Gasteiger partial charge in [-0.05, 0) is 43.5 Å². The zero-order valence-corrected chi connectivity index (χ0v) is 18.8. The number of aromatic nitrogens is 3. The van der Waals surface area contributed by atoms with Gasteiger partial charge in [0.25, 0.3) is 11.8 Å². The number of nitrogens with one attached hydrogen (secondary N) is 1. The van der Waals surface area contributed by atoms with E-state index in [1.807, 2.05) is 0 Å². The molecule has 1 aromatic heterocycles. The van der Waals surface area contributed by atoms with E-state index in [2.05, 4.69) is 10.3 Å². The van der Waals surface area contributed by atoms with Crippen molar-refractivity contribution in [2.75, 3.05) is 31.4 Å². The Morgan fingerprint density at radius 3 is 2.38 bits per heavy atom. The lowest BCUT2D eigenvalue weighted by atomic mass is 10.1. The number of hydrogen-bond acceptors (Lipinski definition) is 6. The van der Waals surface area contributed by atoms with Crippen LogP contribution in [0.25, 0.3) is 5.69 Å². The highest BCUT2D eigenvalue weighted by molar-refractivity contribution is 7.91. The van der Waals surface area contributed by atoms with Crippen LogP contribution in [0.4, 0.5) is 17.6 Å². The number of carbonyl (C=O) groups is 2. The van der Waals surface area contributed by atoms with Crippen molar-refractivity contribution in [2.24, 2.45) is 0 Å². The quantitative estimate of drug-likeness (QED) is 0.412. The summed E-state index contributed by atoms with van der Waals surface area (Å²) in [5, 5.41) is 9.73. The van der Waals surface area contributed by atoms with Gasteiger partial charge in [0.05, 0.1) is 23.8 Å². The fourth-order valence-electron chi connectivity index (χ4n) is 3.43. The summed E-state index contributed by atoms with van der Waals surface area (Å²) in [6.45, 7) is -1.90. The van der Waals surface area contributed by atoms with Gasteiger partial charge in [0, 0.05) is 12.1 Å². The minimum Gasteiger partial charge on any atom is -0.343 e. The van der Waals surface area contributed by atoms with Crippen molar-refractivity contribution in [3.63, 3.8) is 0 Å². The van der Waals surface area contributed by atoms with Crippen molar-refractivity contribution in [1.82, 2.24) is 25.2 Å². The van der Waals surface area contributed by atoms with Crippen molar-refractivity contribution in [3.05, 3.63) is 41.2 Å². The summed E-state index contributed by atoms with van der Waals surface area (Å²) >= 11 is 0. The zero-order valence-electron chi connectivity index (χ0n) is 18.0. The van der Waals surface area contributed by atoms with Crippen LogP contribution in [0.15, 0.2) is 24.3 Å². The molecule has 1 aromatic carbocycles. The minimum absolute atomic E-state index is 0.00353. The van der Waals surface area contributed by atoms with E-state index in [-0.39, 0.29) is 23.6 Å². The number of hydrogen-bond donors (Lipinski definition) is 1. The van der Waals surface area contributed by atoms with E-state index in [1.165, 1.54) is 33.8 Å². The molecule has 1 fully saturated rings. The lowest BCUT2D eigenvalue weighted by molar-refractivity contribution is -0.123. The maximum Gasteiger partial charge on any atom is 0.405 e. The van der Waals surface area contributed by atoms with Crippen molar-refractivity contribution < 1.29 is 35.6 Å². The molecule has 1 aliphatic heterocycles. The normalized spacial score (nSPS) is 15.5. The average Bonchev–Trinajstić information content (AvgIpc) is 3.37. The standard InChI is InChI=1S/C20H23F4N5O4S/c21-9-3-1-2-4-16-17(19(31)28-10-11-34(32,33)13-28)26-27-29(16)15-7-5-14(6-8-15)18(30)25-12-20(22,23)24/h5-8H,1-4,9-13H2,(H,25,30). The van der Waals surface area contributed by atoms with Gasteiger partial charge in [-0.1, -0.05) is 11.6 Å². The van der Waals surface area contributed by atoms with E-state index in [0.717, 1.165) is 0 Å². The van der Waals surface area contributed by atoms with Gasteiger partial charge in [-0.25, -0.2) is 13.1 Å². The highest BCUT2D eigenvalue weighted by atomic mass is 32.2. The maximum atomic E-state index is 12.9. The first-order valence-corrected chi connectivity index (χ1v) is 12.3. The molecule has 1 aliphatic rings. The largest absolute Gasteiger partial charge is 0.405 e. The highest BCUT2D eigenvalue weighted by Gasteiger charge is 2.33. The smallest absolute Gasteiger partial charge is 0.343 e. The third kappa shape index (κ3) is 6.52. The first-order chi connectivity index (χ1) is 16.0. The molecule has 0 aliphatic carbocycles. The molecule has 0 bridgehead atoms. The second-order valence-corrected chi connectivity index (χ2v) is 9.94. The highest BCUT2D eigenvalue weighted by Crippen LogP contribution is 2.20. The summed E-state index contributed by atoms with van der Waals surface area (Å²) in [7, 11) is -3.36. The Hall–Kier alpha value is -3.03. The molecule has 2 heterocycles. The van der Waals surface area contributed by atoms with Crippen LogP contribution in [0, 0.1) is 0 Å². The van der Waals surface area contributed by atoms with E-state index in [1.54, 1.807) is 5.32 Å². The number of alkyl halides is 4. The molecular weight excluding hydrogens is 482 g/mol. The van der Waals surface area contributed by atoms with E-state index >= 15 is 0 Å². The molecule has 3 rings (SSSR count). The summed E-state index contributed by atoms with van der Waals surface area (Å²) in [6.07, 6.45) is -2.82. The molecule has 0 spiro atoms. The second-order valence-electron chi connectivity index (χ2n) is 7.79. The fourth-order valence-corrected chi connectivity index (χ4v) is 4.77. The van der Waals surface area contributed by atoms with Crippen LogP contribution >= 0.6 is 0 Å². The number of sulfone groups is 1. The topological polar surface area (TPSA) is 114 Å². The molecule has 0 atom stereocenters. The fraction of sp³-hybridized carbons (Fsp3) is 0.500. The Balaban J connectivity index is 1.84. The van der Waals surface area contributed by atoms with Gasteiger partial charge >= 0.3 is 6.18 Å². The first-order valence-electron chi connectivity index (χ1n) is 10.5. The summed E-state index contributed by atoms with van der Waals surface area (Å²) in [5.74, 6) is -2.05. The lowest BCUT2D eigenvalue weighted by Gasteiger charge is -2.14. The molecule has 1 saturated heterocycles. The predicted octanol–water partition coefficient (Wildman–Crippen LogP) is 2.07. The third-order valence-electron chi connectivity index (χ3n) is 5.15. The number of amides is 2.